The Hall–Kier alpha value is -3.10. The zero-order valence-corrected chi connectivity index (χ0v) is 15.1. The number of aliphatic imine (C=N–C) groups is 1. The summed E-state index contributed by atoms with van der Waals surface area (Å²) in [6.45, 7) is 0. The van der Waals surface area contributed by atoms with Crippen molar-refractivity contribution in [1.29, 1.82) is 0 Å². The number of rotatable bonds is 3. The summed E-state index contributed by atoms with van der Waals surface area (Å²) in [5.41, 5.74) is 5.96. The van der Waals surface area contributed by atoms with Crippen LogP contribution >= 0.6 is 24.4 Å². The van der Waals surface area contributed by atoms with Crippen LogP contribution in [0.1, 0.15) is 5.56 Å². The molecule has 3 aromatic rings. The lowest BCUT2D eigenvalue weighted by molar-refractivity contribution is 0.430. The maximum Gasteiger partial charge on any atom is 0.271 e. The summed E-state index contributed by atoms with van der Waals surface area (Å²) in [6, 6.07) is 17.9. The summed E-state index contributed by atoms with van der Waals surface area (Å²) in [4.78, 5) is 16.7. The maximum absolute atomic E-state index is 13.0. The number of thiocarbonyl (C=S) groups is 1. The third-order valence-corrected chi connectivity index (χ3v) is 4.09. The Balaban J connectivity index is 2.43. The van der Waals surface area contributed by atoms with Crippen LogP contribution in [0.15, 0.2) is 70.5 Å². The van der Waals surface area contributed by atoms with Gasteiger partial charge in [-0.05, 0) is 48.7 Å². The molecule has 1 heterocycles. The molecule has 8 heteroatoms. The Morgan fingerprint density at radius 1 is 1.00 bits per heavy atom. The molecule has 6 nitrogen and oxygen atoms in total. The zero-order valence-electron chi connectivity index (χ0n) is 13.4. The first-order chi connectivity index (χ1) is 12.5. The molecular weight excluding hydrogens is 368 g/mol. The second kappa shape index (κ2) is 7.42. The predicted octanol–water partition coefficient (Wildman–Crippen LogP) is 2.73. The summed E-state index contributed by atoms with van der Waals surface area (Å²) in [5, 5.41) is 10.5. The molecule has 0 radical (unpaired) electrons. The van der Waals surface area contributed by atoms with Gasteiger partial charge in [0.05, 0.1) is 11.4 Å². The van der Waals surface area contributed by atoms with Gasteiger partial charge in [-0.25, -0.2) is 4.99 Å². The van der Waals surface area contributed by atoms with Crippen LogP contribution < -0.4 is 11.3 Å². The van der Waals surface area contributed by atoms with Gasteiger partial charge in [-0.3, -0.25) is 13.9 Å². The van der Waals surface area contributed by atoms with Crippen molar-refractivity contribution < 1.29 is 5.11 Å². The number of hydrogen-bond acceptors (Lipinski definition) is 4. The second-order valence-electron chi connectivity index (χ2n) is 5.26. The van der Waals surface area contributed by atoms with Crippen LogP contribution in [0, 0.1) is 4.77 Å². The standard InChI is InChI=1S/C18H14N4O2S2/c19-17(25)20-11-14-15(23)21(12-7-3-1-4-8-12)18(26)22(16(14)24)13-9-5-2-6-10-13/h1-11,23H,(H2,19,25). The van der Waals surface area contributed by atoms with Crippen molar-refractivity contribution in [3.63, 3.8) is 0 Å². The van der Waals surface area contributed by atoms with Crippen LogP contribution in [0.25, 0.3) is 11.4 Å². The lowest BCUT2D eigenvalue weighted by Gasteiger charge is -2.16. The molecule has 0 bridgehead atoms. The third-order valence-electron chi connectivity index (χ3n) is 3.62. The van der Waals surface area contributed by atoms with Gasteiger partial charge >= 0.3 is 0 Å². The van der Waals surface area contributed by atoms with Crippen LogP contribution in [0.2, 0.25) is 0 Å². The molecule has 0 fully saturated rings. The molecule has 3 rings (SSSR count). The Kier molecular flexibility index (Phi) is 5.06. The fourth-order valence-electron chi connectivity index (χ4n) is 2.47. The summed E-state index contributed by atoms with van der Waals surface area (Å²) < 4.78 is 2.84. The number of aromatic hydroxyl groups is 1. The molecule has 3 N–H and O–H groups in total. The molecule has 0 atom stereocenters. The van der Waals surface area contributed by atoms with Gasteiger partial charge in [-0.1, -0.05) is 36.4 Å². The summed E-state index contributed by atoms with van der Waals surface area (Å²) in [5.74, 6) is -0.335. The van der Waals surface area contributed by atoms with Crippen LogP contribution in [-0.2, 0) is 0 Å². The largest absolute Gasteiger partial charge is 0.494 e. The van der Waals surface area contributed by atoms with Crippen molar-refractivity contribution in [2.24, 2.45) is 10.7 Å². The van der Waals surface area contributed by atoms with Crippen molar-refractivity contribution in [2.45, 2.75) is 0 Å². The van der Waals surface area contributed by atoms with E-state index in [1.54, 1.807) is 48.5 Å². The SMILES string of the molecule is NC(=S)N=Cc1c(O)n(-c2ccccc2)c(=S)n(-c2ccccc2)c1=O. The molecular formula is C18H14N4O2S2. The lowest BCUT2D eigenvalue weighted by Crippen LogP contribution is -2.27. The Bertz CT molecular complexity index is 1100. The van der Waals surface area contributed by atoms with Crippen molar-refractivity contribution in [1.82, 2.24) is 9.13 Å². The first kappa shape index (κ1) is 17.7. The lowest BCUT2D eigenvalue weighted by atomic mass is 10.2. The number of nitrogens with zero attached hydrogens (tertiary/aromatic N) is 3. The van der Waals surface area contributed by atoms with Crippen molar-refractivity contribution in [3.05, 3.63) is 81.4 Å². The van der Waals surface area contributed by atoms with Gasteiger partial charge < -0.3 is 10.8 Å². The van der Waals surface area contributed by atoms with Crippen molar-refractivity contribution in [2.75, 3.05) is 0 Å². The van der Waals surface area contributed by atoms with E-state index in [0.29, 0.717) is 11.4 Å². The number of benzene rings is 2. The summed E-state index contributed by atoms with van der Waals surface area (Å²) in [6.07, 6.45) is 1.15. The monoisotopic (exact) mass is 382 g/mol. The smallest absolute Gasteiger partial charge is 0.271 e. The first-order valence-corrected chi connectivity index (χ1v) is 8.37. The highest BCUT2D eigenvalue weighted by Crippen LogP contribution is 2.21. The molecule has 0 aliphatic heterocycles. The molecule has 0 aliphatic rings. The maximum atomic E-state index is 13.0. The number of aromatic nitrogens is 2. The zero-order chi connectivity index (χ0) is 18.7. The highest BCUT2D eigenvalue weighted by atomic mass is 32.1. The van der Waals surface area contributed by atoms with Crippen LogP contribution in [0.3, 0.4) is 0 Å². The highest BCUT2D eigenvalue weighted by molar-refractivity contribution is 7.80. The molecule has 0 saturated carbocycles. The Labute approximate surface area is 159 Å². The quantitative estimate of drug-likeness (QED) is 0.537. The van der Waals surface area contributed by atoms with E-state index in [1.807, 2.05) is 12.1 Å². The van der Waals surface area contributed by atoms with Gasteiger partial charge in [0.15, 0.2) is 9.88 Å². The van der Waals surface area contributed by atoms with Crippen LogP contribution in [0.5, 0.6) is 5.88 Å². The fourth-order valence-corrected chi connectivity index (χ4v) is 2.90. The average Bonchev–Trinajstić information content (AvgIpc) is 2.63. The van der Waals surface area contributed by atoms with Crippen molar-refractivity contribution >= 4 is 35.8 Å². The first-order valence-electron chi connectivity index (χ1n) is 7.56. The minimum absolute atomic E-state index is 0.0703. The highest BCUT2D eigenvalue weighted by Gasteiger charge is 2.17. The topological polar surface area (TPSA) is 85.5 Å². The van der Waals surface area contributed by atoms with E-state index in [2.05, 4.69) is 4.99 Å². The molecule has 1 aromatic heterocycles. The molecule has 0 saturated heterocycles. The van der Waals surface area contributed by atoms with Gasteiger partial charge in [0, 0.05) is 6.21 Å². The minimum atomic E-state index is -0.522. The van der Waals surface area contributed by atoms with Crippen molar-refractivity contribution in [3.8, 4) is 17.3 Å². The van der Waals surface area contributed by atoms with E-state index >= 15 is 0 Å². The molecule has 26 heavy (non-hydrogen) atoms. The van der Waals surface area contributed by atoms with Gasteiger partial charge in [-0.15, -0.1) is 0 Å². The van der Waals surface area contributed by atoms with Gasteiger partial charge in [0.2, 0.25) is 5.88 Å². The number of para-hydroxylation sites is 2. The number of hydrogen-bond donors (Lipinski definition) is 2. The Morgan fingerprint density at radius 3 is 2.00 bits per heavy atom. The van der Waals surface area contributed by atoms with Gasteiger partial charge in [-0.2, -0.15) is 0 Å². The van der Waals surface area contributed by atoms with E-state index in [9.17, 15) is 9.90 Å². The van der Waals surface area contributed by atoms with Crippen LogP contribution in [0.4, 0.5) is 0 Å². The predicted molar refractivity (Wildman–Crippen MR) is 108 cm³/mol. The second-order valence-corrected chi connectivity index (χ2v) is 6.05. The summed E-state index contributed by atoms with van der Waals surface area (Å²) >= 11 is 10.2. The third kappa shape index (κ3) is 3.32. The fraction of sp³-hybridized carbons (Fsp3) is 0. The van der Waals surface area contributed by atoms with Gasteiger partial charge in [0.1, 0.15) is 5.56 Å². The van der Waals surface area contributed by atoms with E-state index in [-0.39, 0.29) is 21.3 Å². The molecule has 130 valence electrons. The van der Waals surface area contributed by atoms with E-state index in [0.717, 1.165) is 6.21 Å². The Morgan fingerprint density at radius 2 is 1.50 bits per heavy atom. The minimum Gasteiger partial charge on any atom is -0.494 e. The molecule has 2 aromatic carbocycles. The molecule has 0 spiro atoms. The molecule has 0 aliphatic carbocycles. The summed E-state index contributed by atoms with van der Waals surface area (Å²) in [7, 11) is 0. The van der Waals surface area contributed by atoms with Crippen LogP contribution in [-0.4, -0.2) is 25.6 Å². The van der Waals surface area contributed by atoms with E-state index < -0.39 is 5.56 Å². The average molecular weight is 382 g/mol. The normalized spacial score (nSPS) is 10.9. The van der Waals surface area contributed by atoms with E-state index in [4.69, 9.17) is 30.2 Å². The molecule has 0 unspecified atom stereocenters. The molecule has 0 amide bonds. The van der Waals surface area contributed by atoms with Gasteiger partial charge in [0.25, 0.3) is 5.56 Å². The number of nitrogens with two attached hydrogens (primary N) is 1. The van der Waals surface area contributed by atoms with E-state index in [1.165, 1.54) is 9.13 Å².